The fourth-order valence-electron chi connectivity index (χ4n) is 1.02. The Kier molecular flexibility index (Phi) is 3.96. The fourth-order valence-corrected chi connectivity index (χ4v) is 1.35. The van der Waals surface area contributed by atoms with Crippen molar-refractivity contribution in [2.24, 2.45) is 0 Å². The Labute approximate surface area is 83.5 Å². The summed E-state index contributed by atoms with van der Waals surface area (Å²) in [4.78, 5) is 8.11. The minimum atomic E-state index is 0.354. The Morgan fingerprint density at radius 1 is 1.54 bits per heavy atom. The number of hydrogen-bond donors (Lipinski definition) is 1. The molecule has 4 heteroatoms. The SMILES string of the molecule is Cc1cc(NC(C)CCCl)ncn1. The molecule has 1 rings (SSSR count). The fraction of sp³-hybridized carbons (Fsp3) is 0.556. The smallest absolute Gasteiger partial charge is 0.129 e. The summed E-state index contributed by atoms with van der Waals surface area (Å²) in [5.41, 5.74) is 0.968. The molecule has 0 spiro atoms. The minimum absolute atomic E-state index is 0.354. The molecule has 1 N–H and O–H groups in total. The molecule has 0 saturated carbocycles. The summed E-state index contributed by atoms with van der Waals surface area (Å²) in [5.74, 6) is 1.53. The number of aromatic nitrogens is 2. The summed E-state index contributed by atoms with van der Waals surface area (Å²) >= 11 is 5.62. The van der Waals surface area contributed by atoms with Crippen LogP contribution >= 0.6 is 11.6 Å². The van der Waals surface area contributed by atoms with Crippen LogP contribution in [0.2, 0.25) is 0 Å². The van der Waals surface area contributed by atoms with E-state index in [2.05, 4.69) is 22.2 Å². The standard InChI is InChI=1S/C9H14ClN3/c1-7(3-4-10)13-9-5-8(2)11-6-12-9/h5-7H,3-4H2,1-2H3,(H,11,12,13). The molecule has 1 aromatic heterocycles. The van der Waals surface area contributed by atoms with Crippen molar-refractivity contribution in [3.8, 4) is 0 Å². The quantitative estimate of drug-likeness (QED) is 0.756. The molecule has 1 heterocycles. The van der Waals surface area contributed by atoms with Crippen LogP contribution in [0.5, 0.6) is 0 Å². The number of hydrogen-bond acceptors (Lipinski definition) is 3. The highest BCUT2D eigenvalue weighted by Crippen LogP contribution is 2.06. The summed E-state index contributed by atoms with van der Waals surface area (Å²) in [6.07, 6.45) is 2.50. The van der Waals surface area contributed by atoms with Gasteiger partial charge in [-0.25, -0.2) is 9.97 Å². The number of nitrogens with zero attached hydrogens (tertiary/aromatic N) is 2. The topological polar surface area (TPSA) is 37.8 Å². The van der Waals surface area contributed by atoms with E-state index in [1.807, 2.05) is 13.0 Å². The van der Waals surface area contributed by atoms with Crippen LogP contribution in [0.15, 0.2) is 12.4 Å². The van der Waals surface area contributed by atoms with Gasteiger partial charge in [0.2, 0.25) is 0 Å². The number of aryl methyl sites for hydroxylation is 1. The lowest BCUT2D eigenvalue weighted by atomic mass is 10.2. The average Bonchev–Trinajstić information content (AvgIpc) is 2.04. The Hall–Kier alpha value is -0.830. The molecular weight excluding hydrogens is 186 g/mol. The van der Waals surface area contributed by atoms with Gasteiger partial charge < -0.3 is 5.32 Å². The predicted molar refractivity (Wildman–Crippen MR) is 55.2 cm³/mol. The first-order chi connectivity index (χ1) is 6.22. The van der Waals surface area contributed by atoms with Gasteiger partial charge in [-0.05, 0) is 20.3 Å². The number of rotatable bonds is 4. The van der Waals surface area contributed by atoms with Crippen molar-refractivity contribution in [1.82, 2.24) is 9.97 Å². The van der Waals surface area contributed by atoms with Gasteiger partial charge in [-0.15, -0.1) is 11.6 Å². The van der Waals surface area contributed by atoms with E-state index in [4.69, 9.17) is 11.6 Å². The molecule has 0 saturated heterocycles. The first-order valence-corrected chi connectivity index (χ1v) is 4.87. The molecule has 0 bridgehead atoms. The number of nitrogens with one attached hydrogen (secondary N) is 1. The Bertz CT molecular complexity index is 265. The van der Waals surface area contributed by atoms with Crippen molar-refractivity contribution < 1.29 is 0 Å². The second kappa shape index (κ2) is 5.02. The maximum Gasteiger partial charge on any atom is 0.129 e. The third-order valence-electron chi connectivity index (χ3n) is 1.74. The van der Waals surface area contributed by atoms with E-state index in [-0.39, 0.29) is 0 Å². The zero-order chi connectivity index (χ0) is 9.68. The van der Waals surface area contributed by atoms with Crippen LogP contribution in [-0.2, 0) is 0 Å². The third kappa shape index (κ3) is 3.59. The Morgan fingerprint density at radius 3 is 2.92 bits per heavy atom. The molecule has 1 atom stereocenters. The van der Waals surface area contributed by atoms with Crippen LogP contribution < -0.4 is 5.32 Å². The summed E-state index contributed by atoms with van der Waals surface area (Å²) in [6.45, 7) is 4.03. The monoisotopic (exact) mass is 199 g/mol. The van der Waals surface area contributed by atoms with Crippen LogP contribution in [0.3, 0.4) is 0 Å². The number of anilines is 1. The van der Waals surface area contributed by atoms with Gasteiger partial charge in [-0.3, -0.25) is 0 Å². The molecule has 0 aliphatic rings. The van der Waals surface area contributed by atoms with Crippen LogP contribution in [0.25, 0.3) is 0 Å². The van der Waals surface area contributed by atoms with Gasteiger partial charge in [0, 0.05) is 23.7 Å². The normalized spacial score (nSPS) is 12.5. The van der Waals surface area contributed by atoms with Crippen LogP contribution in [-0.4, -0.2) is 21.9 Å². The highest BCUT2D eigenvalue weighted by molar-refractivity contribution is 6.17. The zero-order valence-electron chi connectivity index (χ0n) is 7.92. The van der Waals surface area contributed by atoms with Crippen LogP contribution in [0.4, 0.5) is 5.82 Å². The second-order valence-corrected chi connectivity index (χ2v) is 3.45. The first kappa shape index (κ1) is 10.3. The minimum Gasteiger partial charge on any atom is -0.367 e. The van der Waals surface area contributed by atoms with Gasteiger partial charge in [-0.2, -0.15) is 0 Å². The van der Waals surface area contributed by atoms with E-state index in [1.165, 1.54) is 0 Å². The van der Waals surface area contributed by atoms with Crippen molar-refractivity contribution in [1.29, 1.82) is 0 Å². The highest BCUT2D eigenvalue weighted by atomic mass is 35.5. The molecule has 0 amide bonds. The molecular formula is C9H14ClN3. The predicted octanol–water partition coefficient (Wildman–Crippen LogP) is 2.21. The van der Waals surface area contributed by atoms with Gasteiger partial charge in [0.25, 0.3) is 0 Å². The molecule has 0 radical (unpaired) electrons. The van der Waals surface area contributed by atoms with Gasteiger partial charge >= 0.3 is 0 Å². The van der Waals surface area contributed by atoms with Crippen molar-refractivity contribution in [2.45, 2.75) is 26.3 Å². The van der Waals surface area contributed by atoms with Crippen molar-refractivity contribution in [3.63, 3.8) is 0 Å². The lowest BCUT2D eigenvalue weighted by Crippen LogP contribution is -2.16. The zero-order valence-corrected chi connectivity index (χ0v) is 8.67. The molecule has 0 aliphatic heterocycles. The molecule has 3 nitrogen and oxygen atoms in total. The average molecular weight is 200 g/mol. The largest absolute Gasteiger partial charge is 0.367 e. The van der Waals surface area contributed by atoms with E-state index >= 15 is 0 Å². The van der Waals surface area contributed by atoms with E-state index in [0.29, 0.717) is 11.9 Å². The summed E-state index contributed by atoms with van der Waals surface area (Å²) in [7, 11) is 0. The summed E-state index contributed by atoms with van der Waals surface area (Å²) in [5, 5.41) is 3.25. The van der Waals surface area contributed by atoms with Gasteiger partial charge in [0.1, 0.15) is 12.1 Å². The van der Waals surface area contributed by atoms with Crippen molar-refractivity contribution >= 4 is 17.4 Å². The molecule has 72 valence electrons. The van der Waals surface area contributed by atoms with E-state index in [1.54, 1.807) is 6.33 Å². The molecule has 0 aliphatic carbocycles. The molecule has 13 heavy (non-hydrogen) atoms. The third-order valence-corrected chi connectivity index (χ3v) is 1.96. The number of alkyl halides is 1. The van der Waals surface area contributed by atoms with E-state index in [9.17, 15) is 0 Å². The van der Waals surface area contributed by atoms with Crippen molar-refractivity contribution in [3.05, 3.63) is 18.1 Å². The van der Waals surface area contributed by atoms with Gasteiger partial charge in [0.05, 0.1) is 0 Å². The lowest BCUT2D eigenvalue weighted by molar-refractivity contribution is 0.762. The molecule has 1 unspecified atom stereocenters. The van der Waals surface area contributed by atoms with Crippen LogP contribution in [0, 0.1) is 6.92 Å². The molecule has 0 aromatic carbocycles. The first-order valence-electron chi connectivity index (χ1n) is 4.33. The van der Waals surface area contributed by atoms with Crippen molar-refractivity contribution in [2.75, 3.05) is 11.2 Å². The summed E-state index contributed by atoms with van der Waals surface area (Å²) < 4.78 is 0. The lowest BCUT2D eigenvalue weighted by Gasteiger charge is -2.12. The highest BCUT2D eigenvalue weighted by Gasteiger charge is 2.01. The molecule has 1 aromatic rings. The maximum absolute atomic E-state index is 5.62. The second-order valence-electron chi connectivity index (χ2n) is 3.07. The van der Waals surface area contributed by atoms with Gasteiger partial charge in [0.15, 0.2) is 0 Å². The number of halogens is 1. The Balaban J connectivity index is 2.53. The van der Waals surface area contributed by atoms with Crippen LogP contribution in [0.1, 0.15) is 19.0 Å². The Morgan fingerprint density at radius 2 is 2.31 bits per heavy atom. The molecule has 0 fully saturated rings. The van der Waals surface area contributed by atoms with Gasteiger partial charge in [-0.1, -0.05) is 0 Å². The van der Waals surface area contributed by atoms with E-state index in [0.717, 1.165) is 17.9 Å². The summed E-state index contributed by atoms with van der Waals surface area (Å²) in [6, 6.07) is 2.27. The van der Waals surface area contributed by atoms with E-state index < -0.39 is 0 Å². The maximum atomic E-state index is 5.62.